The average Bonchev–Trinajstić information content (AvgIpc) is 3.32. The molecule has 0 spiro atoms. The summed E-state index contributed by atoms with van der Waals surface area (Å²) < 4.78 is 17.0. The van der Waals surface area contributed by atoms with E-state index >= 15 is 0 Å². The van der Waals surface area contributed by atoms with Gasteiger partial charge in [0.05, 0.1) is 10.9 Å². The number of halogens is 1. The molecule has 133 valence electrons. The van der Waals surface area contributed by atoms with Gasteiger partial charge in [-0.25, -0.2) is 9.18 Å². The fraction of sp³-hybridized carbons (Fsp3) is 0.500. The standard InChI is InChI=1S/C18H22FN4O2/c1-10-13(8-18(2)5-6-21-9-18)14(19)7-12-15(10)22(11-3-4-11)17(25)23(20)16(12)24/h7-8,11,21H,3-6,9,20H2,1-2H3. The Kier molecular flexibility index (Phi) is 3.54. The van der Waals surface area contributed by atoms with Gasteiger partial charge in [-0.3, -0.25) is 9.36 Å². The van der Waals surface area contributed by atoms with Crippen molar-refractivity contribution in [3.63, 3.8) is 0 Å². The fourth-order valence-electron chi connectivity index (χ4n) is 3.84. The van der Waals surface area contributed by atoms with Crippen LogP contribution in [0.4, 0.5) is 4.39 Å². The van der Waals surface area contributed by atoms with E-state index in [0.717, 1.165) is 32.4 Å². The molecule has 1 aromatic heterocycles. The van der Waals surface area contributed by atoms with Crippen LogP contribution >= 0.6 is 0 Å². The van der Waals surface area contributed by atoms with Crippen molar-refractivity contribution < 1.29 is 4.39 Å². The molecule has 1 aromatic carbocycles. The molecule has 25 heavy (non-hydrogen) atoms. The van der Waals surface area contributed by atoms with Crippen molar-refractivity contribution in [2.75, 3.05) is 18.9 Å². The van der Waals surface area contributed by atoms with Crippen LogP contribution in [-0.2, 0) is 0 Å². The molecule has 0 amide bonds. The number of fused-ring (bicyclic) bond motifs is 1. The Morgan fingerprint density at radius 2 is 2.12 bits per heavy atom. The molecule has 2 fully saturated rings. The molecule has 2 aliphatic rings. The van der Waals surface area contributed by atoms with Gasteiger partial charge in [0.2, 0.25) is 0 Å². The lowest BCUT2D eigenvalue weighted by molar-refractivity contribution is 0.440. The quantitative estimate of drug-likeness (QED) is 0.820. The van der Waals surface area contributed by atoms with Gasteiger partial charge in [0.15, 0.2) is 0 Å². The van der Waals surface area contributed by atoms with Gasteiger partial charge in [-0.1, -0.05) is 6.92 Å². The Labute approximate surface area is 144 Å². The zero-order valence-corrected chi connectivity index (χ0v) is 14.4. The number of rotatable bonds is 3. The average molecular weight is 345 g/mol. The highest BCUT2D eigenvalue weighted by Gasteiger charge is 2.33. The minimum Gasteiger partial charge on any atom is -0.332 e. The van der Waals surface area contributed by atoms with Gasteiger partial charge in [0.25, 0.3) is 5.56 Å². The summed E-state index contributed by atoms with van der Waals surface area (Å²) in [4.78, 5) is 24.9. The molecule has 1 saturated heterocycles. The molecular formula is C18H22FN4O2. The van der Waals surface area contributed by atoms with Crippen molar-refractivity contribution in [2.45, 2.75) is 39.2 Å². The third-order valence-corrected chi connectivity index (χ3v) is 5.45. The van der Waals surface area contributed by atoms with E-state index in [9.17, 15) is 14.0 Å². The van der Waals surface area contributed by atoms with Gasteiger partial charge in [-0.15, -0.1) is 0 Å². The van der Waals surface area contributed by atoms with E-state index < -0.39 is 17.1 Å². The van der Waals surface area contributed by atoms with Crippen LogP contribution in [-0.4, -0.2) is 22.3 Å². The highest BCUT2D eigenvalue weighted by atomic mass is 19.1. The maximum absolute atomic E-state index is 14.8. The predicted octanol–water partition coefficient (Wildman–Crippen LogP) is 1.21. The minimum absolute atomic E-state index is 0.0335. The molecule has 1 aliphatic carbocycles. The van der Waals surface area contributed by atoms with Crippen LogP contribution in [0, 0.1) is 24.6 Å². The Hall–Kier alpha value is -2.15. The monoisotopic (exact) mass is 345 g/mol. The molecule has 7 heteroatoms. The maximum Gasteiger partial charge on any atom is 0.350 e. The summed E-state index contributed by atoms with van der Waals surface area (Å²) >= 11 is 0. The number of nitrogens with zero attached hydrogens (tertiary/aromatic N) is 2. The molecule has 1 radical (unpaired) electrons. The number of nitrogens with two attached hydrogens (primary N) is 1. The minimum atomic E-state index is -0.654. The third kappa shape index (κ3) is 2.49. The number of hydrogen-bond donors (Lipinski definition) is 2. The van der Waals surface area contributed by atoms with Crippen molar-refractivity contribution >= 4 is 10.9 Å². The van der Waals surface area contributed by atoms with Crippen molar-refractivity contribution in [1.82, 2.24) is 14.6 Å². The molecule has 0 bridgehead atoms. The first-order valence-electron chi connectivity index (χ1n) is 8.64. The second-order valence-corrected chi connectivity index (χ2v) is 7.58. The molecule has 1 aliphatic heterocycles. The lowest BCUT2D eigenvalue weighted by Gasteiger charge is -2.24. The van der Waals surface area contributed by atoms with Crippen LogP contribution in [0.5, 0.6) is 0 Å². The Bertz CT molecular complexity index is 981. The normalized spacial score (nSPS) is 23.5. The van der Waals surface area contributed by atoms with E-state index in [1.54, 1.807) is 11.5 Å². The van der Waals surface area contributed by atoms with E-state index in [2.05, 4.69) is 12.2 Å². The maximum atomic E-state index is 14.8. The van der Waals surface area contributed by atoms with Crippen LogP contribution in [0.15, 0.2) is 15.7 Å². The molecule has 2 aromatic rings. The smallest absolute Gasteiger partial charge is 0.332 e. The zero-order chi connectivity index (χ0) is 17.9. The van der Waals surface area contributed by atoms with E-state index in [4.69, 9.17) is 5.84 Å². The van der Waals surface area contributed by atoms with E-state index in [0.29, 0.717) is 21.3 Å². The molecule has 4 rings (SSSR count). The number of nitrogens with one attached hydrogen (secondary N) is 1. The summed E-state index contributed by atoms with van der Waals surface area (Å²) in [7, 11) is 0. The summed E-state index contributed by atoms with van der Waals surface area (Å²) in [6.07, 6.45) is 4.59. The van der Waals surface area contributed by atoms with Gasteiger partial charge >= 0.3 is 5.69 Å². The first kappa shape index (κ1) is 16.3. The fourth-order valence-corrected chi connectivity index (χ4v) is 3.84. The summed E-state index contributed by atoms with van der Waals surface area (Å²) in [6.45, 7) is 5.54. The summed E-state index contributed by atoms with van der Waals surface area (Å²) in [5.41, 5.74) is 0.286. The molecule has 6 nitrogen and oxygen atoms in total. The second kappa shape index (κ2) is 5.42. The molecule has 1 atom stereocenters. The van der Waals surface area contributed by atoms with Gasteiger partial charge in [-0.05, 0) is 55.3 Å². The lowest BCUT2D eigenvalue weighted by Crippen LogP contribution is -2.44. The Morgan fingerprint density at radius 3 is 2.72 bits per heavy atom. The van der Waals surface area contributed by atoms with Gasteiger partial charge in [-0.2, -0.15) is 4.68 Å². The summed E-state index contributed by atoms with van der Waals surface area (Å²) in [5.74, 6) is 5.19. The number of benzene rings is 1. The highest BCUT2D eigenvalue weighted by Crippen LogP contribution is 2.39. The van der Waals surface area contributed by atoms with Gasteiger partial charge in [0, 0.05) is 19.0 Å². The number of nitrogen functional groups attached to an aromatic ring is 1. The first-order valence-corrected chi connectivity index (χ1v) is 8.64. The highest BCUT2D eigenvalue weighted by molar-refractivity contribution is 5.83. The predicted molar refractivity (Wildman–Crippen MR) is 94.6 cm³/mol. The second-order valence-electron chi connectivity index (χ2n) is 7.58. The van der Waals surface area contributed by atoms with Gasteiger partial charge in [0.1, 0.15) is 5.82 Å². The molecular weight excluding hydrogens is 323 g/mol. The molecule has 2 heterocycles. The van der Waals surface area contributed by atoms with Crippen molar-refractivity contribution in [3.05, 3.63) is 50.3 Å². The molecule has 1 saturated carbocycles. The summed E-state index contributed by atoms with van der Waals surface area (Å²) in [5, 5.41) is 3.46. The molecule has 1 unspecified atom stereocenters. The number of hydrogen-bond acceptors (Lipinski definition) is 4. The topological polar surface area (TPSA) is 82.1 Å². The zero-order valence-electron chi connectivity index (χ0n) is 14.4. The van der Waals surface area contributed by atoms with Crippen molar-refractivity contribution in [3.8, 4) is 0 Å². The van der Waals surface area contributed by atoms with Crippen LogP contribution in [0.25, 0.3) is 10.9 Å². The van der Waals surface area contributed by atoms with Crippen molar-refractivity contribution in [1.29, 1.82) is 0 Å². The van der Waals surface area contributed by atoms with Crippen molar-refractivity contribution in [2.24, 2.45) is 5.41 Å². The third-order valence-electron chi connectivity index (χ3n) is 5.45. The summed E-state index contributed by atoms with van der Waals surface area (Å²) in [6, 6.07) is 1.26. The Morgan fingerprint density at radius 1 is 1.40 bits per heavy atom. The Balaban J connectivity index is 2.00. The molecule has 3 N–H and O–H groups in total. The number of aromatic nitrogens is 2. The van der Waals surface area contributed by atoms with Crippen LogP contribution in [0.1, 0.15) is 43.4 Å². The van der Waals surface area contributed by atoms with Gasteiger partial charge < -0.3 is 11.2 Å². The first-order chi connectivity index (χ1) is 11.8. The largest absolute Gasteiger partial charge is 0.350 e. The number of aryl methyl sites for hydroxylation is 1. The lowest BCUT2D eigenvalue weighted by atomic mass is 9.81. The van der Waals surface area contributed by atoms with Crippen LogP contribution < -0.4 is 22.4 Å². The van der Waals surface area contributed by atoms with Crippen LogP contribution in [0.3, 0.4) is 0 Å². The van der Waals surface area contributed by atoms with E-state index in [1.165, 1.54) is 6.07 Å². The van der Waals surface area contributed by atoms with E-state index in [1.807, 2.05) is 6.42 Å². The van der Waals surface area contributed by atoms with E-state index in [-0.39, 0.29) is 16.8 Å². The van der Waals surface area contributed by atoms with Crippen LogP contribution in [0.2, 0.25) is 0 Å². The SMILES string of the molecule is Cc1c([CH]C2(C)CCNC2)c(F)cc2c(=O)n(N)c(=O)n(C3CC3)c12.